The van der Waals surface area contributed by atoms with Crippen molar-refractivity contribution in [3.05, 3.63) is 4.88 Å². The zero-order valence-corrected chi connectivity index (χ0v) is 12.3. The quantitative estimate of drug-likeness (QED) is 0.780. The summed E-state index contributed by atoms with van der Waals surface area (Å²) in [5.41, 5.74) is 11.8. The van der Waals surface area contributed by atoms with Crippen LogP contribution in [0.15, 0.2) is 0 Å². The molecule has 2 fully saturated rings. The van der Waals surface area contributed by atoms with E-state index in [1.54, 1.807) is 4.90 Å². The summed E-state index contributed by atoms with van der Waals surface area (Å²) in [5.74, 6) is 0.303. The second-order valence-corrected chi connectivity index (χ2v) is 6.66. The second kappa shape index (κ2) is 5.57. The fourth-order valence-corrected chi connectivity index (χ4v) is 3.54. The molecule has 1 amide bonds. The SMILES string of the molecule is Nc1nc(NC2CCC2)sc1C(=O)N1CCCC(N)C1. The first-order chi connectivity index (χ1) is 9.63. The Kier molecular flexibility index (Phi) is 3.80. The number of anilines is 2. The van der Waals surface area contributed by atoms with Crippen LogP contribution in [0, 0.1) is 0 Å². The first-order valence-corrected chi connectivity index (χ1v) is 8.03. The minimum absolute atomic E-state index is 0.0307. The molecule has 1 aliphatic heterocycles. The summed E-state index contributed by atoms with van der Waals surface area (Å²) in [6, 6.07) is 0.571. The molecule has 7 heteroatoms. The molecular formula is C13H21N5OS. The van der Waals surface area contributed by atoms with Gasteiger partial charge in [-0.05, 0) is 32.1 Å². The number of piperidine rings is 1. The number of likely N-dealkylation sites (tertiary alicyclic amines) is 1. The van der Waals surface area contributed by atoms with Gasteiger partial charge in [-0.1, -0.05) is 11.3 Å². The van der Waals surface area contributed by atoms with E-state index < -0.39 is 0 Å². The van der Waals surface area contributed by atoms with Crippen LogP contribution < -0.4 is 16.8 Å². The highest BCUT2D eigenvalue weighted by Crippen LogP contribution is 2.30. The Hall–Kier alpha value is -1.34. The lowest BCUT2D eigenvalue weighted by molar-refractivity contribution is 0.0714. The maximum Gasteiger partial charge on any atom is 0.267 e. The zero-order chi connectivity index (χ0) is 14.1. The Morgan fingerprint density at radius 2 is 2.15 bits per heavy atom. The molecule has 5 N–H and O–H groups in total. The molecule has 1 aromatic rings. The highest BCUT2D eigenvalue weighted by Gasteiger charge is 2.27. The van der Waals surface area contributed by atoms with Crippen LogP contribution in [-0.4, -0.2) is 41.0 Å². The van der Waals surface area contributed by atoms with Gasteiger partial charge >= 0.3 is 0 Å². The molecule has 0 spiro atoms. The number of thiazole rings is 1. The first kappa shape index (κ1) is 13.6. The predicted molar refractivity (Wildman–Crippen MR) is 80.9 cm³/mol. The van der Waals surface area contributed by atoms with Gasteiger partial charge in [0.25, 0.3) is 5.91 Å². The van der Waals surface area contributed by atoms with Gasteiger partial charge in [-0.25, -0.2) is 4.98 Å². The molecule has 0 radical (unpaired) electrons. The number of hydrogen-bond donors (Lipinski definition) is 3. The third-order valence-electron chi connectivity index (χ3n) is 4.03. The van der Waals surface area contributed by atoms with Crippen molar-refractivity contribution in [3.8, 4) is 0 Å². The molecule has 1 aromatic heterocycles. The molecule has 1 saturated heterocycles. The number of rotatable bonds is 3. The summed E-state index contributed by atoms with van der Waals surface area (Å²) in [4.78, 5) is 19.1. The van der Waals surface area contributed by atoms with Crippen LogP contribution in [0.2, 0.25) is 0 Å². The van der Waals surface area contributed by atoms with Gasteiger partial charge in [-0.3, -0.25) is 4.79 Å². The van der Waals surface area contributed by atoms with Gasteiger partial charge in [0.2, 0.25) is 0 Å². The van der Waals surface area contributed by atoms with Crippen LogP contribution in [0.3, 0.4) is 0 Å². The van der Waals surface area contributed by atoms with E-state index in [0.717, 1.165) is 24.5 Å². The third-order valence-corrected chi connectivity index (χ3v) is 5.02. The molecule has 1 aliphatic carbocycles. The normalized spacial score (nSPS) is 23.4. The largest absolute Gasteiger partial charge is 0.382 e. The van der Waals surface area contributed by atoms with E-state index in [0.29, 0.717) is 23.3 Å². The van der Waals surface area contributed by atoms with E-state index in [-0.39, 0.29) is 11.9 Å². The number of amides is 1. The Balaban J connectivity index is 1.70. The number of nitrogens with zero attached hydrogens (tertiary/aromatic N) is 2. The van der Waals surface area contributed by atoms with Crippen LogP contribution in [0.4, 0.5) is 10.9 Å². The van der Waals surface area contributed by atoms with Gasteiger partial charge in [0.15, 0.2) is 5.13 Å². The standard InChI is InChI=1S/C13H21N5OS/c14-8-3-2-6-18(7-8)12(19)10-11(15)17-13(20-10)16-9-4-1-5-9/h8-9H,1-7,14-15H2,(H,16,17). The van der Waals surface area contributed by atoms with Crippen molar-refractivity contribution in [3.63, 3.8) is 0 Å². The van der Waals surface area contributed by atoms with Crippen LogP contribution in [0.5, 0.6) is 0 Å². The highest BCUT2D eigenvalue weighted by molar-refractivity contribution is 7.18. The van der Waals surface area contributed by atoms with Crippen LogP contribution >= 0.6 is 11.3 Å². The number of hydrogen-bond acceptors (Lipinski definition) is 6. The molecule has 110 valence electrons. The number of carbonyl (C=O) groups excluding carboxylic acids is 1. The van der Waals surface area contributed by atoms with Crippen molar-refractivity contribution >= 4 is 28.2 Å². The second-order valence-electron chi connectivity index (χ2n) is 5.66. The molecule has 0 bridgehead atoms. The summed E-state index contributed by atoms with van der Waals surface area (Å²) in [6.07, 6.45) is 5.54. The average molecular weight is 295 g/mol. The van der Waals surface area contributed by atoms with Crippen molar-refractivity contribution in [1.82, 2.24) is 9.88 Å². The van der Waals surface area contributed by atoms with E-state index in [2.05, 4.69) is 10.3 Å². The smallest absolute Gasteiger partial charge is 0.267 e. The molecule has 3 rings (SSSR count). The Morgan fingerprint density at radius 3 is 2.80 bits per heavy atom. The topological polar surface area (TPSA) is 97.3 Å². The van der Waals surface area contributed by atoms with E-state index in [4.69, 9.17) is 11.5 Å². The zero-order valence-electron chi connectivity index (χ0n) is 11.5. The van der Waals surface area contributed by atoms with E-state index in [1.165, 1.54) is 30.6 Å². The fraction of sp³-hybridized carbons (Fsp3) is 0.692. The van der Waals surface area contributed by atoms with Crippen LogP contribution in [0.25, 0.3) is 0 Å². The number of nitrogen functional groups attached to an aromatic ring is 1. The molecule has 2 aliphatic rings. The number of carbonyl (C=O) groups is 1. The number of aromatic nitrogens is 1. The molecule has 20 heavy (non-hydrogen) atoms. The lowest BCUT2D eigenvalue weighted by atomic mass is 9.93. The van der Waals surface area contributed by atoms with Gasteiger partial charge in [-0.15, -0.1) is 0 Å². The molecule has 1 saturated carbocycles. The van der Waals surface area contributed by atoms with Gasteiger partial charge in [0, 0.05) is 25.2 Å². The summed E-state index contributed by atoms with van der Waals surface area (Å²) >= 11 is 1.36. The summed E-state index contributed by atoms with van der Waals surface area (Å²) in [5, 5.41) is 4.10. The lowest BCUT2D eigenvalue weighted by Crippen LogP contribution is -2.45. The minimum Gasteiger partial charge on any atom is -0.382 e. The molecule has 2 heterocycles. The van der Waals surface area contributed by atoms with Gasteiger partial charge in [-0.2, -0.15) is 0 Å². The minimum atomic E-state index is -0.0307. The Bertz CT molecular complexity index is 499. The van der Waals surface area contributed by atoms with Gasteiger partial charge < -0.3 is 21.7 Å². The van der Waals surface area contributed by atoms with Crippen molar-refractivity contribution in [2.45, 2.75) is 44.2 Å². The molecule has 0 aromatic carbocycles. The molecule has 6 nitrogen and oxygen atoms in total. The summed E-state index contributed by atoms with van der Waals surface area (Å²) < 4.78 is 0. The number of nitrogens with two attached hydrogens (primary N) is 2. The molecule has 1 atom stereocenters. The fourth-order valence-electron chi connectivity index (χ4n) is 2.61. The van der Waals surface area contributed by atoms with Crippen molar-refractivity contribution in [2.75, 3.05) is 24.1 Å². The lowest BCUT2D eigenvalue weighted by Gasteiger charge is -2.30. The molecular weight excluding hydrogens is 274 g/mol. The Labute approximate surface area is 122 Å². The van der Waals surface area contributed by atoms with Crippen molar-refractivity contribution in [1.29, 1.82) is 0 Å². The predicted octanol–water partition coefficient (Wildman–Crippen LogP) is 1.25. The highest BCUT2D eigenvalue weighted by atomic mass is 32.1. The summed E-state index contributed by atoms with van der Waals surface area (Å²) in [6.45, 7) is 1.37. The van der Waals surface area contributed by atoms with E-state index in [1.807, 2.05) is 0 Å². The monoisotopic (exact) mass is 295 g/mol. The van der Waals surface area contributed by atoms with Crippen LogP contribution in [-0.2, 0) is 0 Å². The molecule has 1 unspecified atom stereocenters. The van der Waals surface area contributed by atoms with Crippen molar-refractivity contribution in [2.24, 2.45) is 5.73 Å². The van der Waals surface area contributed by atoms with E-state index >= 15 is 0 Å². The van der Waals surface area contributed by atoms with E-state index in [9.17, 15) is 4.79 Å². The average Bonchev–Trinajstić information content (AvgIpc) is 2.74. The van der Waals surface area contributed by atoms with Gasteiger partial charge in [0.05, 0.1) is 0 Å². The van der Waals surface area contributed by atoms with Crippen LogP contribution in [0.1, 0.15) is 41.8 Å². The first-order valence-electron chi connectivity index (χ1n) is 7.21. The maximum absolute atomic E-state index is 12.5. The third kappa shape index (κ3) is 2.73. The number of nitrogens with one attached hydrogen (secondary N) is 1. The Morgan fingerprint density at radius 1 is 1.35 bits per heavy atom. The summed E-state index contributed by atoms with van der Waals surface area (Å²) in [7, 11) is 0. The van der Waals surface area contributed by atoms with Crippen molar-refractivity contribution < 1.29 is 4.79 Å². The van der Waals surface area contributed by atoms with Gasteiger partial charge in [0.1, 0.15) is 10.7 Å². The maximum atomic E-state index is 12.5.